The summed E-state index contributed by atoms with van der Waals surface area (Å²) in [6.07, 6.45) is 2.50. The number of morpholine rings is 1. The quantitative estimate of drug-likeness (QED) is 0.108. The van der Waals surface area contributed by atoms with Crippen molar-refractivity contribution in [2.75, 3.05) is 51.8 Å². The van der Waals surface area contributed by atoms with Crippen LogP contribution < -0.4 is 5.43 Å². The number of thiol groups is 2. The number of nitrogens with zero attached hydrogens (tertiary/aromatic N) is 3. The number of hydroxylamine groups is 1. The van der Waals surface area contributed by atoms with Crippen molar-refractivity contribution >= 4 is 36.2 Å². The molecule has 1 heterocycles. The number of unbranched alkanes of at least 4 members (excludes halogenated alkanes) is 1. The van der Waals surface area contributed by atoms with Gasteiger partial charge in [-0.1, -0.05) is 30.3 Å². The molecular weight excluding hydrogens is 500 g/mol. The fourth-order valence-electron chi connectivity index (χ4n) is 3.21. The molecule has 0 saturated carbocycles. The standard InChI is InChI=1S/C21H33N3O5S.C4H7NS/c1-21(2,8-9-23-10-13-28-14-11-23)20(26)29-15-12-24(27)22-18(19(25)30)16-17-6-4-3-5-7-17;5-3-1-2-4-6/h3-7,18,22,27H,8-16H2,1-2H3,(H,25,30);6H,1-2,4H2/i27T;/hT. The summed E-state index contributed by atoms with van der Waals surface area (Å²) in [5, 5.41) is 13.2. The zero-order valence-electron chi connectivity index (χ0n) is 23.2. The molecule has 0 aliphatic carbocycles. The highest BCUT2D eigenvalue weighted by atomic mass is 32.1. The molecular formula is C25H40N4O5S2. The van der Waals surface area contributed by atoms with Crippen LogP contribution in [0.4, 0.5) is 0 Å². The van der Waals surface area contributed by atoms with Crippen molar-refractivity contribution in [2.45, 2.75) is 45.6 Å². The Hall–Kier alpha value is -1.65. The summed E-state index contributed by atoms with van der Waals surface area (Å²) < 4.78 is 24.6. The largest absolute Gasteiger partial charge is 0.464 e. The number of esters is 1. The van der Waals surface area contributed by atoms with Gasteiger partial charge < -0.3 is 9.47 Å². The second kappa shape index (κ2) is 18.6. The molecule has 1 fully saturated rings. The van der Waals surface area contributed by atoms with Crippen molar-refractivity contribution in [1.82, 2.24) is 15.5 Å². The van der Waals surface area contributed by atoms with Crippen molar-refractivity contribution in [3.05, 3.63) is 35.9 Å². The number of benzene rings is 1. The van der Waals surface area contributed by atoms with Gasteiger partial charge in [0.1, 0.15) is 7.73 Å². The van der Waals surface area contributed by atoms with Crippen LogP contribution in [0.15, 0.2) is 30.3 Å². The molecule has 11 heteroatoms. The smallest absolute Gasteiger partial charge is 0.311 e. The van der Waals surface area contributed by atoms with Crippen LogP contribution in [0.3, 0.4) is 0 Å². The molecule has 0 amide bonds. The van der Waals surface area contributed by atoms with Gasteiger partial charge in [0, 0.05) is 19.5 Å². The maximum absolute atomic E-state index is 12.5. The summed E-state index contributed by atoms with van der Waals surface area (Å²) in [5.41, 5.74) is 3.14. The summed E-state index contributed by atoms with van der Waals surface area (Å²) in [5.74, 6) is 0.477. The van der Waals surface area contributed by atoms with Crippen molar-refractivity contribution in [3.8, 4) is 6.07 Å². The van der Waals surface area contributed by atoms with Crippen molar-refractivity contribution in [3.63, 3.8) is 0 Å². The number of hydrogen-bond donors (Lipinski definition) is 4. The van der Waals surface area contributed by atoms with E-state index in [-0.39, 0.29) is 24.2 Å². The Morgan fingerprint density at radius 2 is 2.11 bits per heavy atom. The fraction of sp³-hybridized carbons (Fsp3) is 0.640. The first kappa shape index (κ1) is 28.9. The summed E-state index contributed by atoms with van der Waals surface area (Å²) >= 11 is 4.96. The predicted octanol–water partition coefficient (Wildman–Crippen LogP) is 2.76. The number of nitriles is 1. The summed E-state index contributed by atoms with van der Waals surface area (Å²) in [6.45, 7) is 7.83. The molecule has 1 unspecified atom stereocenters. The summed E-state index contributed by atoms with van der Waals surface area (Å²) in [7, 11) is 0. The van der Waals surface area contributed by atoms with Gasteiger partial charge in [-0.3, -0.25) is 19.7 Å². The average Bonchev–Trinajstić information content (AvgIpc) is 2.92. The lowest BCUT2D eigenvalue weighted by molar-refractivity contribution is -0.171. The van der Waals surface area contributed by atoms with E-state index in [1.807, 2.05) is 50.2 Å². The van der Waals surface area contributed by atoms with E-state index in [0.717, 1.165) is 68.3 Å². The Balaban J connectivity index is 0.000000905. The minimum atomic E-state index is -0.684. The third kappa shape index (κ3) is 14.2. The molecule has 202 valence electrons. The van der Waals surface area contributed by atoms with E-state index in [9.17, 15) is 9.59 Å². The molecule has 1 aromatic carbocycles. The molecule has 9 nitrogen and oxygen atoms in total. The average molecular weight is 545 g/mol. The van der Waals surface area contributed by atoms with Crippen LogP contribution in [-0.4, -0.2) is 85.3 Å². The lowest BCUT2D eigenvalue weighted by atomic mass is 9.89. The third-order valence-electron chi connectivity index (χ3n) is 5.55. The van der Waals surface area contributed by atoms with Crippen molar-refractivity contribution < 1.29 is 25.7 Å². The maximum Gasteiger partial charge on any atom is 0.311 e. The van der Waals surface area contributed by atoms with Crippen LogP contribution >= 0.6 is 25.2 Å². The zero-order chi connectivity index (χ0) is 28.2. The lowest BCUT2D eigenvalue weighted by Crippen LogP contribution is -2.48. The Labute approximate surface area is 228 Å². The van der Waals surface area contributed by atoms with Crippen LogP contribution in [-0.2, 0) is 25.5 Å². The van der Waals surface area contributed by atoms with Gasteiger partial charge in [-0.25, -0.2) is 5.43 Å². The number of nitrogens with one attached hydrogen (secondary N) is 1. The van der Waals surface area contributed by atoms with Gasteiger partial charge in [-0.15, -0.1) is 17.8 Å². The number of carbonyl (C=O) groups is 2. The number of rotatable bonds is 16. The molecule has 0 bridgehead atoms. The molecule has 1 aromatic rings. The molecule has 36 heavy (non-hydrogen) atoms. The Morgan fingerprint density at radius 1 is 1.39 bits per heavy atom. The minimum Gasteiger partial charge on any atom is -0.464 e. The second-order valence-electron chi connectivity index (χ2n) is 9.00. The van der Waals surface area contributed by atoms with Crippen molar-refractivity contribution in [1.29, 1.82) is 6.39 Å². The first-order chi connectivity index (χ1) is 18.2. The van der Waals surface area contributed by atoms with E-state index in [0.29, 0.717) is 19.3 Å². The van der Waals surface area contributed by atoms with E-state index in [2.05, 4.69) is 28.2 Å². The third-order valence-corrected chi connectivity index (χ3v) is 6.15. The normalized spacial score (nSPS) is 15.6. The van der Waals surface area contributed by atoms with Crippen molar-refractivity contribution in [2.24, 2.45) is 5.41 Å². The van der Waals surface area contributed by atoms with Gasteiger partial charge in [-0.2, -0.15) is 17.8 Å². The van der Waals surface area contributed by atoms with Gasteiger partial charge in [0.25, 0.3) is 0 Å². The maximum atomic E-state index is 12.5. The van der Waals surface area contributed by atoms with Gasteiger partial charge in [0.2, 0.25) is 6.55 Å². The SMILES string of the molecule is [3H]ON(CCOC(=O)C(C)(C)CCN1CCOCC1)NC(Cc1ccccc1)C(=O)S.[3H]SCCCC#N. The molecule has 2 N–H and O–H groups in total. The van der Waals surface area contributed by atoms with E-state index in [4.69, 9.17) is 17.3 Å². The van der Waals surface area contributed by atoms with Gasteiger partial charge in [-0.05, 0) is 51.0 Å². The number of hydrogen-bond acceptors (Lipinski definition) is 10. The van der Waals surface area contributed by atoms with Crippen LogP contribution in [0.1, 0.15) is 38.7 Å². The van der Waals surface area contributed by atoms with Crippen LogP contribution in [0.5, 0.6) is 0 Å². The molecule has 2 rings (SSSR count). The highest BCUT2D eigenvalue weighted by Crippen LogP contribution is 2.23. The zero-order valence-corrected chi connectivity index (χ0v) is 22.9. The van der Waals surface area contributed by atoms with Gasteiger partial charge in [0.05, 0.1) is 37.3 Å². The molecule has 0 radical (unpaired) electrons. The molecule has 0 aromatic heterocycles. The molecule has 0 spiro atoms. The highest BCUT2D eigenvalue weighted by molar-refractivity contribution is 7.96. The van der Waals surface area contributed by atoms with Crippen LogP contribution in [0.2, 0.25) is 1.43 Å². The number of ether oxygens (including phenoxy) is 2. The first-order valence-corrected chi connectivity index (χ1v) is 13.1. The molecule has 1 aliphatic rings. The van der Waals surface area contributed by atoms with E-state index >= 15 is 0 Å². The summed E-state index contributed by atoms with van der Waals surface area (Å²) in [4.78, 5) is 26.7. The monoisotopic (exact) mass is 544 g/mol. The van der Waals surface area contributed by atoms with E-state index in [1.165, 1.54) is 0 Å². The van der Waals surface area contributed by atoms with Crippen LogP contribution in [0, 0.1) is 16.7 Å². The number of hydrazine groups is 1. The topological polar surface area (TPSA) is 115 Å². The van der Waals surface area contributed by atoms with Gasteiger partial charge >= 0.3 is 5.97 Å². The first-order valence-electron chi connectivity index (χ1n) is 12.9. The van der Waals surface area contributed by atoms with Gasteiger partial charge in [0.15, 0.2) is 0 Å². The van der Waals surface area contributed by atoms with E-state index in [1.54, 1.807) is 0 Å². The lowest BCUT2D eigenvalue weighted by Gasteiger charge is -2.30. The fourth-order valence-corrected chi connectivity index (χ4v) is 3.50. The van der Waals surface area contributed by atoms with E-state index < -0.39 is 11.5 Å². The Bertz CT molecular complexity index is 843. The van der Waals surface area contributed by atoms with Crippen LogP contribution in [0.25, 0.3) is 0 Å². The second-order valence-corrected chi connectivity index (χ2v) is 9.85. The molecule has 1 saturated heterocycles. The highest BCUT2D eigenvalue weighted by Gasteiger charge is 2.30. The summed E-state index contributed by atoms with van der Waals surface area (Å²) in [6, 6.07) is 10.8. The number of carbonyl (C=O) groups excluding carboxylic acids is 2. The Kier molecular flexibility index (Phi) is 14.9. The molecule has 1 aliphatic heterocycles. The minimum absolute atomic E-state index is 0.0184. The Morgan fingerprint density at radius 3 is 2.72 bits per heavy atom. The predicted molar refractivity (Wildman–Crippen MR) is 145 cm³/mol. The molecule has 1 atom stereocenters.